The van der Waals surface area contributed by atoms with Gasteiger partial charge in [-0.2, -0.15) is 4.31 Å². The van der Waals surface area contributed by atoms with E-state index in [0.29, 0.717) is 24.2 Å². The number of nitrogens with zero attached hydrogens (tertiary/aromatic N) is 1. The van der Waals surface area contributed by atoms with Gasteiger partial charge < -0.3 is 0 Å². The first-order chi connectivity index (χ1) is 15.7. The van der Waals surface area contributed by atoms with Gasteiger partial charge in [-0.25, -0.2) is 8.42 Å². The van der Waals surface area contributed by atoms with Crippen LogP contribution in [0.3, 0.4) is 0 Å². The third-order valence-electron chi connectivity index (χ3n) is 6.53. The number of carbonyl (C=O) groups is 1. The molecule has 33 heavy (non-hydrogen) atoms. The Kier molecular flexibility index (Phi) is 6.55. The van der Waals surface area contributed by atoms with E-state index in [2.05, 4.69) is 0 Å². The molecule has 1 aliphatic rings. The molecule has 0 bridgehead atoms. The number of aryl methyl sites for hydroxylation is 5. The zero-order chi connectivity index (χ0) is 23.8. The molecule has 0 radical (unpaired) electrons. The Hall–Kier alpha value is -2.76. The molecule has 1 unspecified atom stereocenters. The van der Waals surface area contributed by atoms with Crippen molar-refractivity contribution < 1.29 is 13.2 Å². The molecular weight excluding hydrogens is 430 g/mol. The van der Waals surface area contributed by atoms with Gasteiger partial charge in [-0.1, -0.05) is 71.8 Å². The maximum Gasteiger partial charge on any atom is 0.244 e. The zero-order valence-electron chi connectivity index (χ0n) is 19.8. The first-order valence-electron chi connectivity index (χ1n) is 11.4. The van der Waals surface area contributed by atoms with Crippen LogP contribution in [0.1, 0.15) is 45.4 Å². The van der Waals surface area contributed by atoms with Gasteiger partial charge in [-0.3, -0.25) is 4.79 Å². The summed E-state index contributed by atoms with van der Waals surface area (Å²) in [6, 6.07) is 19.1. The van der Waals surface area contributed by atoms with Crippen molar-refractivity contribution in [1.29, 1.82) is 0 Å². The fourth-order valence-corrected chi connectivity index (χ4v) is 6.91. The van der Waals surface area contributed by atoms with E-state index >= 15 is 0 Å². The quantitative estimate of drug-likeness (QED) is 0.505. The van der Waals surface area contributed by atoms with Crippen LogP contribution in [0.15, 0.2) is 65.6 Å². The summed E-state index contributed by atoms with van der Waals surface area (Å²) in [5, 5.41) is 0. The van der Waals surface area contributed by atoms with Gasteiger partial charge in [0, 0.05) is 13.0 Å². The second-order valence-corrected chi connectivity index (χ2v) is 11.0. The number of ketones is 1. The topological polar surface area (TPSA) is 54.5 Å². The molecule has 0 aliphatic carbocycles. The molecule has 0 spiro atoms. The van der Waals surface area contributed by atoms with Crippen LogP contribution in [0.4, 0.5) is 0 Å². The van der Waals surface area contributed by atoms with Crippen molar-refractivity contribution in [2.45, 2.75) is 64.4 Å². The lowest BCUT2D eigenvalue weighted by atomic mass is 9.91. The zero-order valence-corrected chi connectivity index (χ0v) is 20.6. The lowest BCUT2D eigenvalue weighted by Gasteiger charge is -2.36. The van der Waals surface area contributed by atoms with Crippen molar-refractivity contribution in [2.75, 3.05) is 0 Å². The van der Waals surface area contributed by atoms with Gasteiger partial charge >= 0.3 is 0 Å². The molecule has 1 atom stereocenters. The number of fused-ring (bicyclic) bond motifs is 1. The van der Waals surface area contributed by atoms with E-state index in [1.54, 1.807) is 0 Å². The third-order valence-corrected chi connectivity index (χ3v) is 8.69. The SMILES string of the molecule is Cc1ccc(CCC(=O)C2Cc3ccccc3CN2S(=O)(=O)c2c(C)cc(C)cc2C)cc1. The lowest BCUT2D eigenvalue weighted by molar-refractivity contribution is -0.123. The molecule has 0 N–H and O–H groups in total. The highest BCUT2D eigenvalue weighted by Crippen LogP contribution is 2.33. The van der Waals surface area contributed by atoms with E-state index in [1.807, 2.05) is 88.4 Å². The Morgan fingerprint density at radius 3 is 2.12 bits per heavy atom. The van der Waals surface area contributed by atoms with Gasteiger partial charge in [0.15, 0.2) is 5.78 Å². The predicted octanol–water partition coefficient (Wildman–Crippen LogP) is 5.24. The summed E-state index contributed by atoms with van der Waals surface area (Å²) >= 11 is 0. The summed E-state index contributed by atoms with van der Waals surface area (Å²) in [4.78, 5) is 13.8. The van der Waals surface area contributed by atoms with E-state index in [9.17, 15) is 13.2 Å². The highest BCUT2D eigenvalue weighted by Gasteiger charge is 2.40. The second kappa shape index (κ2) is 9.24. The van der Waals surface area contributed by atoms with Crippen molar-refractivity contribution in [1.82, 2.24) is 4.31 Å². The average Bonchev–Trinajstić information content (AvgIpc) is 2.76. The van der Waals surface area contributed by atoms with Gasteiger partial charge in [-0.15, -0.1) is 0 Å². The Bertz CT molecular complexity index is 1270. The van der Waals surface area contributed by atoms with Crippen LogP contribution in [0, 0.1) is 27.7 Å². The highest BCUT2D eigenvalue weighted by molar-refractivity contribution is 7.89. The van der Waals surface area contributed by atoms with Crippen LogP contribution >= 0.6 is 0 Å². The van der Waals surface area contributed by atoms with E-state index < -0.39 is 16.1 Å². The number of hydrogen-bond donors (Lipinski definition) is 0. The van der Waals surface area contributed by atoms with Crippen LogP contribution < -0.4 is 0 Å². The smallest absolute Gasteiger partial charge is 0.244 e. The Labute approximate surface area is 197 Å². The first-order valence-corrected chi connectivity index (χ1v) is 12.9. The van der Waals surface area contributed by atoms with Crippen LogP contribution in [0.5, 0.6) is 0 Å². The van der Waals surface area contributed by atoms with Crippen molar-refractivity contribution >= 4 is 15.8 Å². The summed E-state index contributed by atoms with van der Waals surface area (Å²) in [5.74, 6) is -0.0314. The molecule has 0 aromatic heterocycles. The molecule has 0 fully saturated rings. The van der Waals surface area contributed by atoms with E-state index in [-0.39, 0.29) is 12.3 Å². The number of Topliss-reactive ketones (excluding diaryl/α,β-unsaturated/α-hetero) is 1. The number of hydrogen-bond acceptors (Lipinski definition) is 3. The summed E-state index contributed by atoms with van der Waals surface area (Å²) in [7, 11) is -3.85. The molecule has 1 aliphatic heterocycles. The summed E-state index contributed by atoms with van der Waals surface area (Å²) in [5.41, 5.74) is 6.74. The molecule has 0 amide bonds. The summed E-state index contributed by atoms with van der Waals surface area (Å²) < 4.78 is 29.3. The minimum Gasteiger partial charge on any atom is -0.298 e. The Balaban J connectivity index is 1.69. The molecule has 5 heteroatoms. The van der Waals surface area contributed by atoms with Crippen molar-refractivity contribution in [3.63, 3.8) is 0 Å². The molecule has 3 aromatic rings. The van der Waals surface area contributed by atoms with Crippen LogP contribution in [-0.2, 0) is 34.2 Å². The molecule has 1 heterocycles. The fraction of sp³-hybridized carbons (Fsp3) is 0.321. The van der Waals surface area contributed by atoms with Crippen LogP contribution in [0.2, 0.25) is 0 Å². The van der Waals surface area contributed by atoms with Crippen molar-refractivity contribution in [2.24, 2.45) is 0 Å². The van der Waals surface area contributed by atoms with Crippen LogP contribution in [-0.4, -0.2) is 24.5 Å². The normalized spacial score (nSPS) is 16.4. The number of rotatable bonds is 6. The van der Waals surface area contributed by atoms with Crippen molar-refractivity contribution in [3.8, 4) is 0 Å². The minimum atomic E-state index is -3.85. The fourth-order valence-electron chi connectivity index (χ4n) is 4.91. The van der Waals surface area contributed by atoms with E-state index in [4.69, 9.17) is 0 Å². The lowest BCUT2D eigenvalue weighted by Crippen LogP contribution is -2.48. The molecule has 4 nitrogen and oxygen atoms in total. The predicted molar refractivity (Wildman–Crippen MR) is 132 cm³/mol. The Morgan fingerprint density at radius 2 is 1.48 bits per heavy atom. The maximum atomic E-state index is 14.0. The molecule has 0 saturated heterocycles. The minimum absolute atomic E-state index is 0.0314. The monoisotopic (exact) mass is 461 g/mol. The van der Waals surface area contributed by atoms with Gasteiger partial charge in [0.1, 0.15) is 0 Å². The molecular formula is C28H31NO3S. The standard InChI is InChI=1S/C28H31NO3S/c1-19-9-11-23(12-10-19)13-14-27(30)26-17-24-7-5-6-8-25(24)18-29(26)33(31,32)28-21(3)15-20(2)16-22(28)4/h5-12,15-16,26H,13-14,17-18H2,1-4H3. The highest BCUT2D eigenvalue weighted by atomic mass is 32.2. The average molecular weight is 462 g/mol. The molecule has 3 aromatic carbocycles. The molecule has 172 valence electrons. The van der Waals surface area contributed by atoms with E-state index in [1.165, 1.54) is 9.87 Å². The summed E-state index contributed by atoms with van der Waals surface area (Å²) in [6.45, 7) is 7.88. The molecule has 0 saturated carbocycles. The van der Waals surface area contributed by atoms with Gasteiger partial charge in [0.05, 0.1) is 10.9 Å². The van der Waals surface area contributed by atoms with Crippen LogP contribution in [0.25, 0.3) is 0 Å². The molecule has 4 rings (SSSR count). The first kappa shape index (κ1) is 23.4. The maximum absolute atomic E-state index is 14.0. The number of benzene rings is 3. The third kappa shape index (κ3) is 4.80. The van der Waals surface area contributed by atoms with Gasteiger partial charge in [-0.05, 0) is 68.4 Å². The largest absolute Gasteiger partial charge is 0.298 e. The van der Waals surface area contributed by atoms with E-state index in [0.717, 1.165) is 33.4 Å². The second-order valence-electron chi connectivity index (χ2n) is 9.22. The van der Waals surface area contributed by atoms with Gasteiger partial charge in [0.2, 0.25) is 10.0 Å². The summed E-state index contributed by atoms with van der Waals surface area (Å²) in [6.07, 6.45) is 1.33. The number of sulfonamides is 1. The number of carbonyl (C=O) groups excluding carboxylic acids is 1. The van der Waals surface area contributed by atoms with Crippen molar-refractivity contribution in [3.05, 3.63) is 99.6 Å². The Morgan fingerprint density at radius 1 is 0.879 bits per heavy atom. The van der Waals surface area contributed by atoms with Gasteiger partial charge in [0.25, 0.3) is 0 Å².